The van der Waals surface area contributed by atoms with Gasteiger partial charge in [-0.3, -0.25) is 0 Å². The highest BCUT2D eigenvalue weighted by atomic mass is 19.4. The van der Waals surface area contributed by atoms with Crippen LogP contribution in [0.4, 0.5) is 13.2 Å². The van der Waals surface area contributed by atoms with Crippen molar-refractivity contribution < 1.29 is 22.6 Å². The first-order valence-electron chi connectivity index (χ1n) is 9.26. The number of methoxy groups -OCH3 is 2. The zero-order chi connectivity index (χ0) is 20.3. The van der Waals surface area contributed by atoms with Gasteiger partial charge in [-0.2, -0.15) is 18.3 Å². The van der Waals surface area contributed by atoms with Crippen LogP contribution < -0.4 is 15.2 Å². The van der Waals surface area contributed by atoms with Gasteiger partial charge in [0.25, 0.3) is 0 Å². The molecule has 2 N–H and O–H groups in total. The SMILES string of the molecule is COc1ccc(Cc2nc(C3CCC(N)CC3)n(CC(F)(F)F)n2)cc1OC. The number of nitrogens with two attached hydrogens (primary N) is 1. The second kappa shape index (κ2) is 8.38. The Bertz CT molecular complexity index is 799. The van der Waals surface area contributed by atoms with Crippen molar-refractivity contribution in [2.24, 2.45) is 5.73 Å². The van der Waals surface area contributed by atoms with Gasteiger partial charge in [0.2, 0.25) is 0 Å². The average Bonchev–Trinajstić information content (AvgIpc) is 3.02. The van der Waals surface area contributed by atoms with Gasteiger partial charge in [-0.15, -0.1) is 0 Å². The maximum atomic E-state index is 13.0. The summed E-state index contributed by atoms with van der Waals surface area (Å²) in [6.07, 6.45) is -1.01. The Morgan fingerprint density at radius 3 is 2.39 bits per heavy atom. The van der Waals surface area contributed by atoms with Crippen LogP contribution in [0.5, 0.6) is 11.5 Å². The quantitative estimate of drug-likeness (QED) is 0.807. The van der Waals surface area contributed by atoms with Crippen LogP contribution >= 0.6 is 0 Å². The maximum absolute atomic E-state index is 13.0. The Morgan fingerprint density at radius 2 is 1.79 bits per heavy atom. The van der Waals surface area contributed by atoms with Gasteiger partial charge in [0.15, 0.2) is 17.3 Å². The third kappa shape index (κ3) is 4.95. The highest BCUT2D eigenvalue weighted by Crippen LogP contribution is 2.33. The second-order valence-corrected chi connectivity index (χ2v) is 7.14. The number of ether oxygens (including phenoxy) is 2. The maximum Gasteiger partial charge on any atom is 0.408 e. The fourth-order valence-electron chi connectivity index (χ4n) is 3.62. The minimum atomic E-state index is -4.35. The van der Waals surface area contributed by atoms with E-state index in [-0.39, 0.29) is 12.0 Å². The van der Waals surface area contributed by atoms with Crippen LogP contribution in [0, 0.1) is 0 Å². The van der Waals surface area contributed by atoms with E-state index in [1.165, 1.54) is 7.11 Å². The third-order valence-corrected chi connectivity index (χ3v) is 5.02. The molecule has 154 valence electrons. The minimum Gasteiger partial charge on any atom is -0.493 e. The number of nitrogens with zero attached hydrogens (tertiary/aromatic N) is 3. The Balaban J connectivity index is 1.86. The van der Waals surface area contributed by atoms with E-state index in [0.29, 0.717) is 29.6 Å². The van der Waals surface area contributed by atoms with Crippen molar-refractivity contribution in [2.75, 3.05) is 14.2 Å². The largest absolute Gasteiger partial charge is 0.493 e. The normalized spacial score (nSPS) is 20.2. The third-order valence-electron chi connectivity index (χ3n) is 5.02. The zero-order valence-electron chi connectivity index (χ0n) is 16.0. The first-order valence-corrected chi connectivity index (χ1v) is 9.26. The van der Waals surface area contributed by atoms with Crippen LogP contribution in [0.1, 0.15) is 48.8 Å². The molecule has 0 aliphatic heterocycles. The van der Waals surface area contributed by atoms with E-state index in [1.807, 2.05) is 6.07 Å². The van der Waals surface area contributed by atoms with E-state index in [0.717, 1.165) is 35.9 Å². The van der Waals surface area contributed by atoms with Crippen LogP contribution in [-0.4, -0.2) is 41.2 Å². The summed E-state index contributed by atoms with van der Waals surface area (Å²) in [7, 11) is 3.07. The molecule has 28 heavy (non-hydrogen) atoms. The number of alkyl halides is 3. The molecule has 0 amide bonds. The molecule has 3 rings (SSSR count). The molecule has 0 radical (unpaired) electrons. The van der Waals surface area contributed by atoms with Crippen molar-refractivity contribution in [3.8, 4) is 11.5 Å². The molecule has 1 fully saturated rings. The summed E-state index contributed by atoms with van der Waals surface area (Å²) in [5.41, 5.74) is 6.76. The number of benzene rings is 1. The summed E-state index contributed by atoms with van der Waals surface area (Å²) >= 11 is 0. The predicted octanol–water partition coefficient (Wildman–Crippen LogP) is 3.43. The Labute approximate surface area is 161 Å². The van der Waals surface area contributed by atoms with Crippen molar-refractivity contribution in [1.82, 2.24) is 14.8 Å². The van der Waals surface area contributed by atoms with E-state index in [1.54, 1.807) is 19.2 Å². The average molecular weight is 398 g/mol. The monoisotopic (exact) mass is 398 g/mol. The van der Waals surface area contributed by atoms with Crippen molar-refractivity contribution in [3.63, 3.8) is 0 Å². The first-order chi connectivity index (χ1) is 13.3. The molecule has 1 aliphatic rings. The van der Waals surface area contributed by atoms with Gasteiger partial charge in [0.1, 0.15) is 12.4 Å². The molecule has 1 aliphatic carbocycles. The fourth-order valence-corrected chi connectivity index (χ4v) is 3.62. The van der Waals surface area contributed by atoms with E-state index >= 15 is 0 Å². The standard InChI is InChI=1S/C19H25F3N4O2/c1-27-15-8-3-12(9-16(15)28-2)10-17-24-18(13-4-6-14(23)7-5-13)26(25-17)11-19(20,21)22/h3,8-9,13-14H,4-7,10-11,23H2,1-2H3. The van der Waals surface area contributed by atoms with E-state index in [4.69, 9.17) is 15.2 Å². The van der Waals surface area contributed by atoms with Crippen molar-refractivity contribution >= 4 is 0 Å². The van der Waals surface area contributed by atoms with Crippen LogP contribution in [0.15, 0.2) is 18.2 Å². The first kappa shape index (κ1) is 20.4. The molecule has 0 atom stereocenters. The molecule has 1 aromatic heterocycles. The molecule has 2 aromatic rings. The summed E-state index contributed by atoms with van der Waals surface area (Å²) in [5.74, 6) is 1.85. The van der Waals surface area contributed by atoms with E-state index in [9.17, 15) is 13.2 Å². The number of hydrogen-bond donors (Lipinski definition) is 1. The smallest absolute Gasteiger partial charge is 0.408 e. The zero-order valence-corrected chi connectivity index (χ0v) is 16.0. The summed E-state index contributed by atoms with van der Waals surface area (Å²) in [6.45, 7) is -1.14. The lowest BCUT2D eigenvalue weighted by molar-refractivity contribution is -0.143. The van der Waals surface area contributed by atoms with Gasteiger partial charge in [0.05, 0.1) is 14.2 Å². The molecule has 1 saturated carbocycles. The van der Waals surface area contributed by atoms with Gasteiger partial charge >= 0.3 is 6.18 Å². The molecule has 0 bridgehead atoms. The van der Waals surface area contributed by atoms with Crippen LogP contribution in [0.3, 0.4) is 0 Å². The number of aromatic nitrogens is 3. The molecule has 9 heteroatoms. The van der Waals surface area contributed by atoms with Crippen LogP contribution in [-0.2, 0) is 13.0 Å². The van der Waals surface area contributed by atoms with E-state index < -0.39 is 12.7 Å². The van der Waals surface area contributed by atoms with Crippen LogP contribution in [0.25, 0.3) is 0 Å². The van der Waals surface area contributed by atoms with Gasteiger partial charge < -0.3 is 15.2 Å². The summed E-state index contributed by atoms with van der Waals surface area (Å²) in [5, 5.41) is 4.17. The Kier molecular flexibility index (Phi) is 6.12. The molecule has 0 saturated heterocycles. The van der Waals surface area contributed by atoms with E-state index in [2.05, 4.69) is 10.1 Å². The van der Waals surface area contributed by atoms with Gasteiger partial charge in [-0.1, -0.05) is 6.07 Å². The van der Waals surface area contributed by atoms with Gasteiger partial charge in [-0.25, -0.2) is 9.67 Å². The topological polar surface area (TPSA) is 75.2 Å². The molecule has 6 nitrogen and oxygen atoms in total. The van der Waals surface area contributed by atoms with Crippen molar-refractivity contribution in [1.29, 1.82) is 0 Å². The molecular weight excluding hydrogens is 373 g/mol. The highest BCUT2D eigenvalue weighted by Gasteiger charge is 2.33. The molecule has 0 unspecified atom stereocenters. The molecule has 1 aromatic carbocycles. The summed E-state index contributed by atoms with van der Waals surface area (Å²) in [4.78, 5) is 4.48. The Hall–Kier alpha value is -2.29. The second-order valence-electron chi connectivity index (χ2n) is 7.14. The minimum absolute atomic E-state index is 0.0474. The van der Waals surface area contributed by atoms with Gasteiger partial charge in [-0.05, 0) is 43.4 Å². The van der Waals surface area contributed by atoms with Crippen molar-refractivity contribution in [3.05, 3.63) is 35.4 Å². The van der Waals surface area contributed by atoms with Crippen LogP contribution in [0.2, 0.25) is 0 Å². The predicted molar refractivity (Wildman–Crippen MR) is 97.6 cm³/mol. The van der Waals surface area contributed by atoms with Crippen molar-refractivity contribution in [2.45, 2.75) is 56.8 Å². The number of halogens is 3. The highest BCUT2D eigenvalue weighted by molar-refractivity contribution is 5.43. The Morgan fingerprint density at radius 1 is 1.11 bits per heavy atom. The number of hydrogen-bond acceptors (Lipinski definition) is 5. The lowest BCUT2D eigenvalue weighted by atomic mass is 9.86. The lowest BCUT2D eigenvalue weighted by Gasteiger charge is -2.25. The molecule has 0 spiro atoms. The fraction of sp³-hybridized carbons (Fsp3) is 0.579. The summed E-state index contributed by atoms with van der Waals surface area (Å²) in [6, 6.07) is 5.47. The van der Waals surface area contributed by atoms with Gasteiger partial charge in [0, 0.05) is 18.4 Å². The molecule has 1 heterocycles. The number of rotatable bonds is 6. The lowest BCUT2D eigenvalue weighted by Crippen LogP contribution is -2.28. The molecular formula is C19H25F3N4O2. The summed E-state index contributed by atoms with van der Waals surface area (Å²) < 4.78 is 50.6.